The smallest absolute Gasteiger partial charge is 0.243 e. The van der Waals surface area contributed by atoms with E-state index in [1.54, 1.807) is 29.2 Å². The van der Waals surface area contributed by atoms with Crippen LogP contribution < -0.4 is 9.62 Å². The average molecular weight is 663 g/mol. The quantitative estimate of drug-likeness (QED) is 0.196. The minimum absolute atomic E-state index is 0.0706. The van der Waals surface area contributed by atoms with Gasteiger partial charge in [0.15, 0.2) is 0 Å². The summed E-state index contributed by atoms with van der Waals surface area (Å²) in [7, 11) is -3.59. The number of hydrogen-bond donors (Lipinski definition) is 1. The molecule has 0 heterocycles. The standard InChI is InChI=1S/C31H37BrClN3O4S/c1-3-4-19-34-31(38)29(22-24-10-6-5-7-11-24)35(23-25-12-8-13-26(32)21-25)30(37)14-9-20-36(41(2,39)40)28-17-15-27(33)16-18-28/h5-8,10-13,15-18,21,29H,3-4,9,14,19-20,22-23H2,1-2H3,(H,34,38)/t29-/m0/s1. The van der Waals surface area contributed by atoms with E-state index in [1.165, 1.54) is 4.31 Å². The van der Waals surface area contributed by atoms with Gasteiger partial charge in [-0.15, -0.1) is 0 Å². The largest absolute Gasteiger partial charge is 0.354 e. The van der Waals surface area contributed by atoms with Crippen LogP contribution in [0.2, 0.25) is 5.02 Å². The number of carbonyl (C=O) groups excluding carboxylic acids is 2. The number of anilines is 1. The van der Waals surface area contributed by atoms with E-state index in [2.05, 4.69) is 28.2 Å². The molecule has 220 valence electrons. The predicted molar refractivity (Wildman–Crippen MR) is 169 cm³/mol. The summed E-state index contributed by atoms with van der Waals surface area (Å²) in [6, 6.07) is 23.1. The van der Waals surface area contributed by atoms with Crippen molar-refractivity contribution in [2.75, 3.05) is 23.7 Å². The van der Waals surface area contributed by atoms with E-state index >= 15 is 0 Å². The zero-order valence-corrected chi connectivity index (χ0v) is 26.6. The van der Waals surface area contributed by atoms with Crippen LogP contribution in [0.4, 0.5) is 5.69 Å². The fraction of sp³-hybridized carbons (Fsp3) is 0.355. The van der Waals surface area contributed by atoms with Gasteiger partial charge in [0, 0.05) is 42.0 Å². The van der Waals surface area contributed by atoms with Gasteiger partial charge in [-0.25, -0.2) is 8.42 Å². The zero-order valence-electron chi connectivity index (χ0n) is 23.4. The maximum Gasteiger partial charge on any atom is 0.243 e. The monoisotopic (exact) mass is 661 g/mol. The molecule has 10 heteroatoms. The van der Waals surface area contributed by atoms with E-state index in [0.717, 1.165) is 34.7 Å². The van der Waals surface area contributed by atoms with E-state index in [4.69, 9.17) is 11.6 Å². The molecule has 0 saturated heterocycles. The van der Waals surface area contributed by atoms with Gasteiger partial charge in [0.2, 0.25) is 21.8 Å². The molecular formula is C31H37BrClN3O4S. The van der Waals surface area contributed by atoms with Crippen molar-refractivity contribution in [3.63, 3.8) is 0 Å². The summed E-state index contributed by atoms with van der Waals surface area (Å²) in [4.78, 5) is 29.0. The summed E-state index contributed by atoms with van der Waals surface area (Å²) >= 11 is 9.49. The molecule has 7 nitrogen and oxygen atoms in total. The molecule has 0 saturated carbocycles. The topological polar surface area (TPSA) is 86.8 Å². The van der Waals surface area contributed by atoms with E-state index in [-0.39, 0.29) is 37.7 Å². The normalized spacial score (nSPS) is 12.0. The first-order chi connectivity index (χ1) is 19.6. The molecule has 2 amide bonds. The molecule has 0 radical (unpaired) electrons. The molecule has 0 aromatic heterocycles. The van der Waals surface area contributed by atoms with Crippen molar-refractivity contribution in [2.45, 2.75) is 51.6 Å². The third kappa shape index (κ3) is 10.5. The Hall–Kier alpha value is -2.88. The molecule has 0 bridgehead atoms. The van der Waals surface area contributed by atoms with Crippen molar-refractivity contribution in [3.05, 3.63) is 99.5 Å². The summed E-state index contributed by atoms with van der Waals surface area (Å²) in [5.74, 6) is -0.425. The third-order valence-electron chi connectivity index (χ3n) is 6.61. The minimum atomic E-state index is -3.59. The average Bonchev–Trinajstić information content (AvgIpc) is 2.93. The summed E-state index contributed by atoms with van der Waals surface area (Å²) in [6.07, 6.45) is 3.63. The Morgan fingerprint density at radius 1 is 0.951 bits per heavy atom. The van der Waals surface area contributed by atoms with Gasteiger partial charge in [-0.05, 0) is 60.4 Å². The number of benzene rings is 3. The summed E-state index contributed by atoms with van der Waals surface area (Å²) in [5.41, 5.74) is 2.31. The number of halogens is 2. The van der Waals surface area contributed by atoms with Crippen molar-refractivity contribution in [1.82, 2.24) is 10.2 Å². The molecule has 0 fully saturated rings. The number of carbonyl (C=O) groups is 2. The second-order valence-corrected chi connectivity index (χ2v) is 13.2. The van der Waals surface area contributed by atoms with Gasteiger partial charge in [-0.1, -0.05) is 83.3 Å². The van der Waals surface area contributed by atoms with Crippen molar-refractivity contribution in [2.24, 2.45) is 0 Å². The number of nitrogens with one attached hydrogen (secondary N) is 1. The lowest BCUT2D eigenvalue weighted by atomic mass is 10.0. The lowest BCUT2D eigenvalue weighted by Gasteiger charge is -2.32. The van der Waals surface area contributed by atoms with Crippen LogP contribution in [0.15, 0.2) is 83.3 Å². The van der Waals surface area contributed by atoms with Gasteiger partial charge in [0.05, 0.1) is 11.9 Å². The first-order valence-electron chi connectivity index (χ1n) is 13.7. The van der Waals surface area contributed by atoms with Gasteiger partial charge < -0.3 is 10.2 Å². The van der Waals surface area contributed by atoms with Gasteiger partial charge in [-0.3, -0.25) is 13.9 Å². The molecule has 41 heavy (non-hydrogen) atoms. The van der Waals surface area contributed by atoms with E-state index in [0.29, 0.717) is 23.7 Å². The van der Waals surface area contributed by atoms with Gasteiger partial charge in [0.1, 0.15) is 6.04 Å². The first kappa shape index (κ1) is 32.6. The third-order valence-corrected chi connectivity index (χ3v) is 8.55. The fourth-order valence-electron chi connectivity index (χ4n) is 4.50. The first-order valence-corrected chi connectivity index (χ1v) is 16.7. The van der Waals surface area contributed by atoms with E-state index < -0.39 is 16.1 Å². The Kier molecular flexibility index (Phi) is 12.7. The van der Waals surface area contributed by atoms with Crippen molar-refractivity contribution >= 4 is 55.1 Å². The van der Waals surface area contributed by atoms with Crippen LogP contribution in [-0.2, 0) is 32.6 Å². The summed E-state index contributed by atoms with van der Waals surface area (Å²) in [5, 5.41) is 3.52. The summed E-state index contributed by atoms with van der Waals surface area (Å²) in [6.45, 7) is 2.94. The number of amides is 2. The number of sulfonamides is 1. The molecule has 0 unspecified atom stereocenters. The van der Waals surface area contributed by atoms with Crippen molar-refractivity contribution < 1.29 is 18.0 Å². The van der Waals surface area contributed by atoms with Crippen molar-refractivity contribution in [1.29, 1.82) is 0 Å². The summed E-state index contributed by atoms with van der Waals surface area (Å²) < 4.78 is 27.3. The van der Waals surface area contributed by atoms with Crippen LogP contribution >= 0.6 is 27.5 Å². The molecular weight excluding hydrogens is 626 g/mol. The Labute approximate surface area is 257 Å². The molecule has 1 N–H and O–H groups in total. The fourth-order valence-corrected chi connectivity index (χ4v) is 6.04. The van der Waals surface area contributed by atoms with E-state index in [1.807, 2.05) is 54.6 Å². The van der Waals surface area contributed by atoms with Gasteiger partial charge in [0.25, 0.3) is 0 Å². The van der Waals surface area contributed by atoms with Crippen LogP contribution in [0.1, 0.15) is 43.7 Å². The number of hydrogen-bond acceptors (Lipinski definition) is 4. The van der Waals surface area contributed by atoms with Crippen LogP contribution in [0, 0.1) is 0 Å². The maximum atomic E-state index is 13.9. The number of rotatable bonds is 15. The number of unbranched alkanes of at least 4 members (excludes halogenated alkanes) is 1. The minimum Gasteiger partial charge on any atom is -0.354 e. The van der Waals surface area contributed by atoms with Crippen LogP contribution in [0.3, 0.4) is 0 Å². The second kappa shape index (κ2) is 15.9. The Balaban J connectivity index is 1.86. The van der Waals surface area contributed by atoms with E-state index in [9.17, 15) is 18.0 Å². The molecule has 3 aromatic carbocycles. The molecule has 0 spiro atoms. The highest BCUT2D eigenvalue weighted by Gasteiger charge is 2.30. The molecule has 0 aliphatic carbocycles. The van der Waals surface area contributed by atoms with Gasteiger partial charge >= 0.3 is 0 Å². The molecule has 3 rings (SSSR count). The number of nitrogens with zero attached hydrogens (tertiary/aromatic N) is 2. The SMILES string of the molecule is CCCCNC(=O)[C@H](Cc1ccccc1)N(Cc1cccc(Br)c1)C(=O)CCCN(c1ccc(Cl)cc1)S(C)(=O)=O. The lowest BCUT2D eigenvalue weighted by molar-refractivity contribution is -0.141. The Morgan fingerprint density at radius 3 is 2.27 bits per heavy atom. The molecule has 0 aliphatic heterocycles. The maximum absolute atomic E-state index is 13.9. The zero-order chi connectivity index (χ0) is 29.8. The van der Waals surface area contributed by atoms with Gasteiger partial charge in [-0.2, -0.15) is 0 Å². The highest BCUT2D eigenvalue weighted by atomic mass is 79.9. The Morgan fingerprint density at radius 2 is 1.63 bits per heavy atom. The van der Waals surface area contributed by atoms with Crippen LogP contribution in [0.5, 0.6) is 0 Å². The highest BCUT2D eigenvalue weighted by molar-refractivity contribution is 9.10. The second-order valence-electron chi connectivity index (χ2n) is 9.92. The molecule has 3 aromatic rings. The van der Waals surface area contributed by atoms with Crippen molar-refractivity contribution in [3.8, 4) is 0 Å². The van der Waals surface area contributed by atoms with Crippen LogP contribution in [-0.4, -0.2) is 50.5 Å². The van der Waals surface area contributed by atoms with Crippen LogP contribution in [0.25, 0.3) is 0 Å². The molecule has 1 atom stereocenters. The molecule has 0 aliphatic rings. The lowest BCUT2D eigenvalue weighted by Crippen LogP contribution is -2.50. The predicted octanol–water partition coefficient (Wildman–Crippen LogP) is 6.21. The highest BCUT2D eigenvalue weighted by Crippen LogP contribution is 2.22. The Bertz CT molecular complexity index is 1390.